The molecule has 0 bridgehead atoms. The van der Waals surface area contributed by atoms with Crippen molar-refractivity contribution in [3.63, 3.8) is 0 Å². The summed E-state index contributed by atoms with van der Waals surface area (Å²) in [5.74, 6) is -2.85. The average Bonchev–Trinajstić information content (AvgIpc) is 3.06. The van der Waals surface area contributed by atoms with Crippen LogP contribution >= 0.6 is 11.3 Å². The van der Waals surface area contributed by atoms with E-state index in [0.717, 1.165) is 36.1 Å². The molecule has 0 amide bonds. The maximum Gasteiger partial charge on any atom is 0.234 e. The fraction of sp³-hybridized carbons (Fsp3) is 0.250. The summed E-state index contributed by atoms with van der Waals surface area (Å²) in [6.45, 7) is 0. The first-order chi connectivity index (χ1) is 9.65. The summed E-state index contributed by atoms with van der Waals surface area (Å²) in [7, 11) is 0. The standard InChI is InChI=1S/C12H7F3N4S/c13-7-4-3-6(8(14)9(7)15)11-18-19-10(5-1-2-5)16-17-12(19)20-11/h3-5H,1-2H2. The highest BCUT2D eigenvalue weighted by Crippen LogP contribution is 2.40. The predicted octanol–water partition coefficient (Wildman–Crippen LogP) is 3.15. The van der Waals surface area contributed by atoms with E-state index in [1.807, 2.05) is 0 Å². The molecule has 1 aliphatic rings. The van der Waals surface area contributed by atoms with E-state index in [2.05, 4.69) is 15.3 Å². The van der Waals surface area contributed by atoms with E-state index in [9.17, 15) is 13.2 Å². The number of hydrogen-bond donors (Lipinski definition) is 0. The average molecular weight is 296 g/mol. The molecule has 0 atom stereocenters. The summed E-state index contributed by atoms with van der Waals surface area (Å²) in [5, 5.41) is 12.5. The molecule has 3 aromatic rings. The second-order valence-corrected chi connectivity index (χ2v) is 5.61. The van der Waals surface area contributed by atoms with Gasteiger partial charge in [0.2, 0.25) is 4.96 Å². The number of rotatable bonds is 2. The topological polar surface area (TPSA) is 43.1 Å². The van der Waals surface area contributed by atoms with Crippen molar-refractivity contribution in [2.75, 3.05) is 0 Å². The molecule has 2 heterocycles. The van der Waals surface area contributed by atoms with Crippen molar-refractivity contribution >= 4 is 16.3 Å². The third-order valence-electron chi connectivity index (χ3n) is 3.22. The van der Waals surface area contributed by atoms with Crippen molar-refractivity contribution in [1.82, 2.24) is 19.8 Å². The summed E-state index contributed by atoms with van der Waals surface area (Å²) in [6, 6.07) is 2.06. The van der Waals surface area contributed by atoms with Gasteiger partial charge in [0, 0.05) is 5.92 Å². The molecule has 1 fully saturated rings. The van der Waals surface area contributed by atoms with Crippen molar-refractivity contribution in [2.24, 2.45) is 0 Å². The van der Waals surface area contributed by atoms with Crippen LogP contribution in [0.5, 0.6) is 0 Å². The van der Waals surface area contributed by atoms with Crippen molar-refractivity contribution in [2.45, 2.75) is 18.8 Å². The van der Waals surface area contributed by atoms with Gasteiger partial charge >= 0.3 is 0 Å². The van der Waals surface area contributed by atoms with Gasteiger partial charge in [-0.15, -0.1) is 10.2 Å². The van der Waals surface area contributed by atoms with Crippen molar-refractivity contribution in [3.05, 3.63) is 35.4 Å². The quantitative estimate of drug-likeness (QED) is 0.682. The lowest BCUT2D eigenvalue weighted by Gasteiger charge is -2.00. The largest absolute Gasteiger partial charge is 0.234 e. The van der Waals surface area contributed by atoms with Crippen LogP contribution in [-0.2, 0) is 0 Å². The van der Waals surface area contributed by atoms with Gasteiger partial charge in [0.05, 0.1) is 5.56 Å². The Hall–Kier alpha value is -1.96. The molecule has 0 radical (unpaired) electrons. The van der Waals surface area contributed by atoms with Crippen LogP contribution in [0.25, 0.3) is 15.5 Å². The van der Waals surface area contributed by atoms with Crippen molar-refractivity contribution in [1.29, 1.82) is 0 Å². The molecule has 2 aromatic heterocycles. The van der Waals surface area contributed by atoms with Crippen LogP contribution in [0, 0.1) is 17.5 Å². The number of nitrogens with zero attached hydrogens (tertiary/aromatic N) is 4. The zero-order chi connectivity index (χ0) is 13.9. The summed E-state index contributed by atoms with van der Waals surface area (Å²) in [4.78, 5) is 0.519. The molecule has 4 nitrogen and oxygen atoms in total. The number of fused-ring (bicyclic) bond motifs is 1. The zero-order valence-electron chi connectivity index (χ0n) is 9.98. The number of hydrogen-bond acceptors (Lipinski definition) is 4. The first kappa shape index (κ1) is 11.8. The molecule has 0 spiro atoms. The van der Waals surface area contributed by atoms with E-state index >= 15 is 0 Å². The number of halogens is 3. The Morgan fingerprint density at radius 1 is 1.10 bits per heavy atom. The molecule has 0 unspecified atom stereocenters. The summed E-state index contributed by atoms with van der Waals surface area (Å²) < 4.78 is 41.5. The third kappa shape index (κ3) is 1.64. The second-order valence-electron chi connectivity index (χ2n) is 4.66. The van der Waals surface area contributed by atoms with Crippen LogP contribution in [0.15, 0.2) is 12.1 Å². The lowest BCUT2D eigenvalue weighted by Crippen LogP contribution is -1.96. The minimum absolute atomic E-state index is 0.0684. The Morgan fingerprint density at radius 2 is 1.90 bits per heavy atom. The maximum atomic E-state index is 13.8. The first-order valence-corrected chi connectivity index (χ1v) is 6.83. The molecule has 4 rings (SSSR count). The van der Waals surface area contributed by atoms with Gasteiger partial charge in [0.1, 0.15) is 0 Å². The minimum Gasteiger partial charge on any atom is -0.204 e. The van der Waals surface area contributed by atoms with Crippen LogP contribution in [-0.4, -0.2) is 19.8 Å². The van der Waals surface area contributed by atoms with E-state index in [1.165, 1.54) is 6.07 Å². The van der Waals surface area contributed by atoms with Gasteiger partial charge in [-0.2, -0.15) is 9.61 Å². The van der Waals surface area contributed by atoms with Gasteiger partial charge in [-0.1, -0.05) is 11.3 Å². The summed E-state index contributed by atoms with van der Waals surface area (Å²) >= 11 is 1.09. The molecule has 0 aliphatic heterocycles. The lowest BCUT2D eigenvalue weighted by molar-refractivity contribution is 0.449. The molecule has 1 aliphatic carbocycles. The monoisotopic (exact) mass is 296 g/mol. The Bertz CT molecular complexity index is 822. The van der Waals surface area contributed by atoms with Crippen LogP contribution in [0.3, 0.4) is 0 Å². The molecule has 102 valence electrons. The van der Waals surface area contributed by atoms with E-state index in [0.29, 0.717) is 10.9 Å². The fourth-order valence-corrected chi connectivity index (χ4v) is 2.89. The van der Waals surface area contributed by atoms with Gasteiger partial charge in [-0.05, 0) is 25.0 Å². The van der Waals surface area contributed by atoms with Crippen LogP contribution in [0.4, 0.5) is 13.2 Å². The third-order valence-corrected chi connectivity index (χ3v) is 4.16. The van der Waals surface area contributed by atoms with Gasteiger partial charge in [-0.25, -0.2) is 13.2 Å². The molecule has 1 aromatic carbocycles. The summed E-state index contributed by atoms with van der Waals surface area (Å²) in [6.07, 6.45) is 2.07. The van der Waals surface area contributed by atoms with E-state index < -0.39 is 17.5 Å². The molecule has 8 heteroatoms. The predicted molar refractivity (Wildman–Crippen MR) is 65.9 cm³/mol. The molecular weight excluding hydrogens is 289 g/mol. The van der Waals surface area contributed by atoms with Gasteiger partial charge < -0.3 is 0 Å². The zero-order valence-corrected chi connectivity index (χ0v) is 10.8. The Kier molecular flexibility index (Phi) is 2.38. The van der Waals surface area contributed by atoms with Gasteiger partial charge in [0.25, 0.3) is 0 Å². The smallest absolute Gasteiger partial charge is 0.204 e. The van der Waals surface area contributed by atoms with E-state index in [1.54, 1.807) is 4.52 Å². The first-order valence-electron chi connectivity index (χ1n) is 6.01. The maximum absolute atomic E-state index is 13.8. The second kappa shape index (κ2) is 4.02. The molecule has 20 heavy (non-hydrogen) atoms. The molecule has 1 saturated carbocycles. The normalized spacial score (nSPS) is 15.2. The highest BCUT2D eigenvalue weighted by atomic mass is 32.1. The summed E-state index contributed by atoms with van der Waals surface area (Å²) in [5.41, 5.74) is -0.0684. The fourth-order valence-electron chi connectivity index (χ4n) is 2.03. The van der Waals surface area contributed by atoms with Gasteiger partial charge in [0.15, 0.2) is 28.3 Å². The van der Waals surface area contributed by atoms with Crippen molar-refractivity contribution < 1.29 is 13.2 Å². The Balaban J connectivity index is 1.88. The minimum atomic E-state index is -1.49. The van der Waals surface area contributed by atoms with Crippen LogP contribution < -0.4 is 0 Å². The van der Waals surface area contributed by atoms with E-state index in [-0.39, 0.29) is 10.6 Å². The number of benzene rings is 1. The highest BCUT2D eigenvalue weighted by Gasteiger charge is 2.30. The SMILES string of the molecule is Fc1ccc(-c2nn3c(C4CC4)nnc3s2)c(F)c1F. The lowest BCUT2D eigenvalue weighted by atomic mass is 10.2. The number of aromatic nitrogens is 4. The Morgan fingerprint density at radius 3 is 2.65 bits per heavy atom. The highest BCUT2D eigenvalue weighted by molar-refractivity contribution is 7.19. The van der Waals surface area contributed by atoms with E-state index in [4.69, 9.17) is 0 Å². The van der Waals surface area contributed by atoms with Crippen molar-refractivity contribution in [3.8, 4) is 10.6 Å². The molecular formula is C12H7F3N4S. The molecule has 0 N–H and O–H groups in total. The van der Waals surface area contributed by atoms with Crippen LogP contribution in [0.1, 0.15) is 24.6 Å². The molecule has 0 saturated heterocycles. The van der Waals surface area contributed by atoms with Gasteiger partial charge in [-0.3, -0.25) is 0 Å². The van der Waals surface area contributed by atoms with Crippen LogP contribution in [0.2, 0.25) is 0 Å². The Labute approximate surface area is 114 Å².